The van der Waals surface area contributed by atoms with Gasteiger partial charge in [-0.05, 0) is 38.0 Å². The van der Waals surface area contributed by atoms with Crippen molar-refractivity contribution in [2.24, 2.45) is 0 Å². The number of carbonyl (C=O) groups is 2. The van der Waals surface area contributed by atoms with Gasteiger partial charge in [-0.25, -0.2) is 4.79 Å². The zero-order valence-corrected chi connectivity index (χ0v) is 15.6. The third-order valence-electron chi connectivity index (χ3n) is 3.69. The number of aromatic nitrogens is 2. The third-order valence-corrected chi connectivity index (χ3v) is 4.88. The number of aryl methyl sites for hydroxylation is 1. The molecule has 1 aliphatic heterocycles. The van der Waals surface area contributed by atoms with E-state index in [0.717, 1.165) is 11.4 Å². The lowest BCUT2D eigenvalue weighted by atomic mass is 10.2. The smallest absolute Gasteiger partial charge is 0.324 e. The first-order valence-corrected chi connectivity index (χ1v) is 9.14. The molecule has 1 saturated heterocycles. The van der Waals surface area contributed by atoms with Crippen LogP contribution in [0.2, 0.25) is 10.0 Å². The van der Waals surface area contributed by atoms with E-state index in [2.05, 4.69) is 20.8 Å². The topological polar surface area (TPSA) is 87.2 Å². The summed E-state index contributed by atoms with van der Waals surface area (Å²) in [6, 6.07) is 3.87. The van der Waals surface area contributed by atoms with Gasteiger partial charge in [0.25, 0.3) is 0 Å². The minimum Gasteiger partial charge on any atom is -0.324 e. The van der Waals surface area contributed by atoms with Crippen molar-refractivity contribution in [2.45, 2.75) is 25.8 Å². The van der Waals surface area contributed by atoms with Gasteiger partial charge in [-0.3, -0.25) is 10.1 Å². The molecule has 7 nitrogen and oxygen atoms in total. The highest BCUT2D eigenvalue weighted by Crippen LogP contribution is 2.25. The summed E-state index contributed by atoms with van der Waals surface area (Å²) in [6.07, 6.45) is 1.33. The van der Waals surface area contributed by atoms with Crippen molar-refractivity contribution in [3.8, 4) is 0 Å². The van der Waals surface area contributed by atoms with E-state index in [9.17, 15) is 9.59 Å². The molecule has 132 valence electrons. The third kappa shape index (κ3) is 4.39. The van der Waals surface area contributed by atoms with E-state index >= 15 is 0 Å². The number of hydrogen-bond donors (Lipinski definition) is 2. The van der Waals surface area contributed by atoms with E-state index < -0.39 is 6.04 Å². The van der Waals surface area contributed by atoms with Crippen molar-refractivity contribution in [3.05, 3.63) is 33.3 Å². The highest BCUT2D eigenvalue weighted by Gasteiger charge is 2.34. The van der Waals surface area contributed by atoms with Crippen molar-refractivity contribution in [1.29, 1.82) is 0 Å². The molecule has 1 fully saturated rings. The zero-order valence-electron chi connectivity index (χ0n) is 13.3. The zero-order chi connectivity index (χ0) is 18.0. The summed E-state index contributed by atoms with van der Waals surface area (Å²) in [4.78, 5) is 26.5. The number of hydrogen-bond acceptors (Lipinski definition) is 5. The quantitative estimate of drug-likeness (QED) is 0.821. The lowest BCUT2D eigenvalue weighted by Gasteiger charge is -2.23. The molecule has 25 heavy (non-hydrogen) atoms. The molecule has 2 heterocycles. The molecule has 10 heteroatoms. The highest BCUT2D eigenvalue weighted by molar-refractivity contribution is 7.15. The summed E-state index contributed by atoms with van der Waals surface area (Å²) in [7, 11) is 0. The van der Waals surface area contributed by atoms with Crippen LogP contribution in [0.5, 0.6) is 0 Å². The number of nitrogens with one attached hydrogen (secondary N) is 2. The molecule has 0 bridgehead atoms. The molecule has 2 N–H and O–H groups in total. The predicted octanol–water partition coefficient (Wildman–Crippen LogP) is 3.79. The first-order valence-electron chi connectivity index (χ1n) is 7.57. The second kappa shape index (κ2) is 7.55. The number of likely N-dealkylation sites (tertiary alicyclic amines) is 1. The molecule has 3 rings (SSSR count). The van der Waals surface area contributed by atoms with Gasteiger partial charge >= 0.3 is 6.03 Å². The average Bonchev–Trinajstić information content (AvgIpc) is 3.15. The summed E-state index contributed by atoms with van der Waals surface area (Å²) < 4.78 is 0. The number of amides is 3. The molecule has 0 unspecified atom stereocenters. The molecule has 1 aromatic heterocycles. The van der Waals surface area contributed by atoms with Gasteiger partial charge in [0.15, 0.2) is 0 Å². The summed E-state index contributed by atoms with van der Waals surface area (Å²) >= 11 is 13.2. The van der Waals surface area contributed by atoms with Gasteiger partial charge < -0.3 is 10.2 Å². The number of nitrogens with zero attached hydrogens (tertiary/aromatic N) is 3. The van der Waals surface area contributed by atoms with E-state index in [4.69, 9.17) is 23.2 Å². The highest BCUT2D eigenvalue weighted by atomic mass is 35.5. The van der Waals surface area contributed by atoms with E-state index in [1.165, 1.54) is 16.2 Å². The molecular formula is C15H15Cl2N5O2S. The lowest BCUT2D eigenvalue weighted by molar-refractivity contribution is -0.119. The van der Waals surface area contributed by atoms with E-state index in [0.29, 0.717) is 33.8 Å². The number of rotatable bonds is 3. The SMILES string of the molecule is Cc1nnc(NC(=O)N2CCC[C@H]2C(=O)Nc2cc(Cl)cc(Cl)c2)s1. The van der Waals surface area contributed by atoms with E-state index in [1.54, 1.807) is 25.1 Å². The van der Waals surface area contributed by atoms with Crippen LogP contribution < -0.4 is 10.6 Å². The van der Waals surface area contributed by atoms with Crippen LogP contribution in [-0.2, 0) is 4.79 Å². The van der Waals surface area contributed by atoms with Crippen LogP contribution in [-0.4, -0.2) is 39.6 Å². The van der Waals surface area contributed by atoms with Crippen LogP contribution in [0, 0.1) is 6.92 Å². The van der Waals surface area contributed by atoms with Gasteiger partial charge in [-0.2, -0.15) is 0 Å². The number of carbonyl (C=O) groups excluding carboxylic acids is 2. The summed E-state index contributed by atoms with van der Waals surface area (Å²) in [5.41, 5.74) is 0.495. The van der Waals surface area contributed by atoms with Crippen molar-refractivity contribution in [3.63, 3.8) is 0 Å². The molecule has 0 saturated carbocycles. The Kier molecular flexibility index (Phi) is 5.41. The minimum atomic E-state index is -0.563. The number of benzene rings is 1. The van der Waals surface area contributed by atoms with Crippen LogP contribution in [0.4, 0.5) is 15.6 Å². The van der Waals surface area contributed by atoms with Crippen molar-refractivity contribution >= 4 is 57.3 Å². The molecule has 1 aromatic carbocycles. The number of anilines is 2. The number of urea groups is 1. The van der Waals surface area contributed by atoms with Crippen molar-refractivity contribution in [1.82, 2.24) is 15.1 Å². The van der Waals surface area contributed by atoms with Crippen LogP contribution in [0.15, 0.2) is 18.2 Å². The predicted molar refractivity (Wildman–Crippen MR) is 98.5 cm³/mol. The van der Waals surface area contributed by atoms with Crippen molar-refractivity contribution in [2.75, 3.05) is 17.2 Å². The number of halogens is 2. The van der Waals surface area contributed by atoms with Gasteiger partial charge in [0.2, 0.25) is 11.0 Å². The molecule has 1 atom stereocenters. The molecule has 0 radical (unpaired) electrons. The first-order chi connectivity index (χ1) is 11.9. The second-order valence-electron chi connectivity index (χ2n) is 5.56. The van der Waals surface area contributed by atoms with Crippen molar-refractivity contribution < 1.29 is 9.59 Å². The first kappa shape index (κ1) is 17.9. The standard InChI is InChI=1S/C15H15Cl2N5O2S/c1-8-20-21-14(25-8)19-15(24)22-4-2-3-12(22)13(23)18-11-6-9(16)5-10(17)7-11/h5-7,12H,2-4H2,1H3,(H,18,23)(H,19,21,24)/t12-/m0/s1. The Morgan fingerprint density at radius 1 is 1.20 bits per heavy atom. The van der Waals surface area contributed by atoms with Gasteiger partial charge in [0, 0.05) is 22.3 Å². The fourth-order valence-electron chi connectivity index (χ4n) is 2.64. The van der Waals surface area contributed by atoms with Gasteiger partial charge in [-0.15, -0.1) is 10.2 Å². The summed E-state index contributed by atoms with van der Waals surface area (Å²) in [5.74, 6) is -0.278. The largest absolute Gasteiger partial charge is 0.324 e. The van der Waals surface area contributed by atoms with Crippen LogP contribution in [0.3, 0.4) is 0 Å². The summed E-state index contributed by atoms with van der Waals surface area (Å²) in [5, 5.41) is 15.2. The van der Waals surface area contributed by atoms with E-state index in [1.807, 2.05) is 0 Å². The Labute approximate surface area is 158 Å². The molecule has 3 amide bonds. The normalized spacial score (nSPS) is 16.8. The Hall–Kier alpha value is -1.90. The van der Waals surface area contributed by atoms with Gasteiger partial charge in [-0.1, -0.05) is 34.5 Å². The van der Waals surface area contributed by atoms with Crippen LogP contribution >= 0.6 is 34.5 Å². The maximum Gasteiger partial charge on any atom is 0.324 e. The second-order valence-corrected chi connectivity index (χ2v) is 7.61. The van der Waals surface area contributed by atoms with Gasteiger partial charge in [0.1, 0.15) is 11.0 Å². The molecule has 1 aliphatic rings. The maximum atomic E-state index is 12.6. The fourth-order valence-corrected chi connectivity index (χ4v) is 3.75. The average molecular weight is 400 g/mol. The molecular weight excluding hydrogens is 385 g/mol. The lowest BCUT2D eigenvalue weighted by Crippen LogP contribution is -2.45. The van der Waals surface area contributed by atoms with Crippen LogP contribution in [0.1, 0.15) is 17.8 Å². The Bertz CT molecular complexity index is 793. The Morgan fingerprint density at radius 2 is 1.92 bits per heavy atom. The Balaban J connectivity index is 1.67. The van der Waals surface area contributed by atoms with E-state index in [-0.39, 0.29) is 11.9 Å². The Morgan fingerprint density at radius 3 is 2.56 bits per heavy atom. The van der Waals surface area contributed by atoms with Gasteiger partial charge in [0.05, 0.1) is 0 Å². The molecule has 2 aromatic rings. The summed E-state index contributed by atoms with van der Waals surface area (Å²) in [6.45, 7) is 2.30. The molecule has 0 aliphatic carbocycles. The van der Waals surface area contributed by atoms with Crippen LogP contribution in [0.25, 0.3) is 0 Å². The molecule has 0 spiro atoms. The minimum absolute atomic E-state index is 0.278. The fraction of sp³-hybridized carbons (Fsp3) is 0.333. The maximum absolute atomic E-state index is 12.6. The monoisotopic (exact) mass is 399 g/mol.